The molecular formula is C15H22N2O. The summed E-state index contributed by atoms with van der Waals surface area (Å²) in [6.07, 6.45) is 5.30. The van der Waals surface area contributed by atoms with Crippen molar-refractivity contribution in [1.82, 2.24) is 4.90 Å². The first kappa shape index (κ1) is 12.9. The average Bonchev–Trinajstić information content (AvgIpc) is 2.32. The quantitative estimate of drug-likeness (QED) is 0.811. The second-order valence-corrected chi connectivity index (χ2v) is 5.31. The fraction of sp³-hybridized carbons (Fsp3) is 0.533. The van der Waals surface area contributed by atoms with Gasteiger partial charge in [0.2, 0.25) is 5.91 Å². The molecule has 0 saturated heterocycles. The molecule has 3 nitrogen and oxygen atoms in total. The van der Waals surface area contributed by atoms with E-state index in [0.29, 0.717) is 6.42 Å². The van der Waals surface area contributed by atoms with Crippen LogP contribution < -0.4 is 5.73 Å². The maximum Gasteiger partial charge on any atom is 0.222 e. The number of nitrogens with two attached hydrogens (primary N) is 1. The van der Waals surface area contributed by atoms with Crippen molar-refractivity contribution in [2.45, 2.75) is 32.1 Å². The van der Waals surface area contributed by atoms with Crippen LogP contribution in [-0.2, 0) is 11.2 Å². The second-order valence-electron chi connectivity index (χ2n) is 5.31. The molecule has 0 radical (unpaired) electrons. The van der Waals surface area contributed by atoms with Crippen LogP contribution in [0.4, 0.5) is 5.69 Å². The summed E-state index contributed by atoms with van der Waals surface area (Å²) in [6, 6.07) is 7.76. The van der Waals surface area contributed by atoms with E-state index in [1.54, 1.807) is 0 Å². The van der Waals surface area contributed by atoms with Crippen molar-refractivity contribution in [2.24, 2.45) is 5.92 Å². The van der Waals surface area contributed by atoms with Gasteiger partial charge in [0.25, 0.3) is 0 Å². The Morgan fingerprint density at radius 1 is 1.33 bits per heavy atom. The number of carbonyl (C=O) groups excluding carboxylic acids is 1. The summed E-state index contributed by atoms with van der Waals surface area (Å²) in [5.74, 6) is 0.995. The SMILES string of the molecule is CN(CC1CCC1)C(=O)CCc1ccc(N)cc1. The van der Waals surface area contributed by atoms with E-state index in [-0.39, 0.29) is 5.91 Å². The first-order chi connectivity index (χ1) is 8.65. The fourth-order valence-corrected chi connectivity index (χ4v) is 2.29. The topological polar surface area (TPSA) is 46.3 Å². The van der Waals surface area contributed by atoms with E-state index in [4.69, 9.17) is 5.73 Å². The van der Waals surface area contributed by atoms with Crippen LogP contribution in [0.1, 0.15) is 31.2 Å². The molecule has 1 fully saturated rings. The fourth-order valence-electron chi connectivity index (χ4n) is 2.29. The van der Waals surface area contributed by atoms with Gasteiger partial charge in [-0.1, -0.05) is 18.6 Å². The van der Waals surface area contributed by atoms with Gasteiger partial charge in [0.15, 0.2) is 0 Å². The summed E-state index contributed by atoms with van der Waals surface area (Å²) >= 11 is 0. The van der Waals surface area contributed by atoms with Gasteiger partial charge >= 0.3 is 0 Å². The zero-order valence-corrected chi connectivity index (χ0v) is 11.1. The van der Waals surface area contributed by atoms with E-state index >= 15 is 0 Å². The van der Waals surface area contributed by atoms with Crippen LogP contribution in [0.2, 0.25) is 0 Å². The van der Waals surface area contributed by atoms with Gasteiger partial charge in [0.1, 0.15) is 0 Å². The molecule has 0 heterocycles. The highest BCUT2D eigenvalue weighted by atomic mass is 16.2. The van der Waals surface area contributed by atoms with E-state index < -0.39 is 0 Å². The third-order valence-corrected chi connectivity index (χ3v) is 3.79. The number of hydrogen-bond acceptors (Lipinski definition) is 2. The molecule has 2 N–H and O–H groups in total. The van der Waals surface area contributed by atoms with Crippen molar-refractivity contribution in [1.29, 1.82) is 0 Å². The lowest BCUT2D eigenvalue weighted by molar-refractivity contribution is -0.130. The van der Waals surface area contributed by atoms with Crippen molar-refractivity contribution in [3.63, 3.8) is 0 Å². The van der Waals surface area contributed by atoms with Gasteiger partial charge in [-0.15, -0.1) is 0 Å². The summed E-state index contributed by atoms with van der Waals surface area (Å²) in [7, 11) is 1.92. The summed E-state index contributed by atoms with van der Waals surface area (Å²) in [5, 5.41) is 0. The standard InChI is InChI=1S/C15H22N2O/c1-17(11-13-3-2-4-13)15(18)10-7-12-5-8-14(16)9-6-12/h5-6,8-9,13H,2-4,7,10-11,16H2,1H3. The molecule has 0 aromatic heterocycles. The van der Waals surface area contributed by atoms with Gasteiger partial charge in [0.05, 0.1) is 0 Å². The number of aryl methyl sites for hydroxylation is 1. The second kappa shape index (κ2) is 5.89. The Hall–Kier alpha value is -1.51. The smallest absolute Gasteiger partial charge is 0.222 e. The molecule has 0 atom stereocenters. The van der Waals surface area contributed by atoms with Gasteiger partial charge in [-0.25, -0.2) is 0 Å². The lowest BCUT2D eigenvalue weighted by Gasteiger charge is -2.30. The molecule has 18 heavy (non-hydrogen) atoms. The Balaban J connectivity index is 1.74. The van der Waals surface area contributed by atoms with E-state index in [1.807, 2.05) is 36.2 Å². The van der Waals surface area contributed by atoms with Crippen LogP contribution in [0.5, 0.6) is 0 Å². The highest BCUT2D eigenvalue weighted by Crippen LogP contribution is 2.26. The van der Waals surface area contributed by atoms with Crippen LogP contribution >= 0.6 is 0 Å². The minimum atomic E-state index is 0.249. The molecule has 1 saturated carbocycles. The monoisotopic (exact) mass is 246 g/mol. The van der Waals surface area contributed by atoms with E-state index in [9.17, 15) is 4.79 Å². The van der Waals surface area contributed by atoms with Crippen molar-refractivity contribution in [3.8, 4) is 0 Å². The highest BCUT2D eigenvalue weighted by molar-refractivity contribution is 5.76. The van der Waals surface area contributed by atoms with Crippen LogP contribution in [0, 0.1) is 5.92 Å². The van der Waals surface area contributed by atoms with E-state index in [0.717, 1.165) is 24.6 Å². The van der Waals surface area contributed by atoms with Crippen LogP contribution in [0.25, 0.3) is 0 Å². The van der Waals surface area contributed by atoms with Crippen molar-refractivity contribution in [2.75, 3.05) is 19.3 Å². The number of carbonyl (C=O) groups is 1. The number of hydrogen-bond donors (Lipinski definition) is 1. The summed E-state index contributed by atoms with van der Waals surface area (Å²) in [5.41, 5.74) is 7.58. The Labute approximate surface area is 109 Å². The maximum atomic E-state index is 12.0. The zero-order chi connectivity index (χ0) is 13.0. The number of benzene rings is 1. The molecule has 0 spiro atoms. The van der Waals surface area contributed by atoms with E-state index in [2.05, 4.69) is 0 Å². The molecule has 98 valence electrons. The van der Waals surface area contributed by atoms with Gasteiger partial charge in [-0.05, 0) is 42.9 Å². The van der Waals surface area contributed by atoms with Crippen LogP contribution in [0.3, 0.4) is 0 Å². The van der Waals surface area contributed by atoms with Crippen molar-refractivity contribution < 1.29 is 4.79 Å². The summed E-state index contributed by atoms with van der Waals surface area (Å²) < 4.78 is 0. The summed E-state index contributed by atoms with van der Waals surface area (Å²) in [6.45, 7) is 0.931. The van der Waals surface area contributed by atoms with Crippen molar-refractivity contribution >= 4 is 11.6 Å². The first-order valence-corrected chi connectivity index (χ1v) is 6.73. The lowest BCUT2D eigenvalue weighted by atomic mass is 9.85. The number of nitrogen functional groups attached to an aromatic ring is 1. The Bertz CT molecular complexity index is 395. The minimum absolute atomic E-state index is 0.249. The third kappa shape index (κ3) is 3.49. The number of nitrogens with zero attached hydrogens (tertiary/aromatic N) is 1. The van der Waals surface area contributed by atoms with Gasteiger partial charge in [0, 0.05) is 25.7 Å². The first-order valence-electron chi connectivity index (χ1n) is 6.73. The molecule has 1 aliphatic carbocycles. The number of amides is 1. The molecule has 2 rings (SSSR count). The Morgan fingerprint density at radius 3 is 2.56 bits per heavy atom. The predicted molar refractivity (Wildman–Crippen MR) is 74.2 cm³/mol. The lowest BCUT2D eigenvalue weighted by Crippen LogP contribution is -2.34. The largest absolute Gasteiger partial charge is 0.399 e. The molecular weight excluding hydrogens is 224 g/mol. The molecule has 0 bridgehead atoms. The third-order valence-electron chi connectivity index (χ3n) is 3.79. The van der Waals surface area contributed by atoms with Crippen LogP contribution in [-0.4, -0.2) is 24.4 Å². The number of anilines is 1. The average molecular weight is 246 g/mol. The van der Waals surface area contributed by atoms with Gasteiger partial charge < -0.3 is 10.6 Å². The maximum absolute atomic E-state index is 12.0. The van der Waals surface area contributed by atoms with Crippen LogP contribution in [0.15, 0.2) is 24.3 Å². The Morgan fingerprint density at radius 2 is 2.00 bits per heavy atom. The van der Waals surface area contributed by atoms with Crippen molar-refractivity contribution in [3.05, 3.63) is 29.8 Å². The molecule has 0 unspecified atom stereocenters. The molecule has 1 amide bonds. The molecule has 0 aliphatic heterocycles. The Kier molecular flexibility index (Phi) is 4.24. The molecule has 1 aliphatic rings. The normalized spacial score (nSPS) is 15.2. The van der Waals surface area contributed by atoms with Gasteiger partial charge in [-0.2, -0.15) is 0 Å². The minimum Gasteiger partial charge on any atom is -0.399 e. The highest BCUT2D eigenvalue weighted by Gasteiger charge is 2.21. The molecule has 1 aromatic carbocycles. The predicted octanol–water partition coefficient (Wildman–Crippen LogP) is 2.46. The zero-order valence-electron chi connectivity index (χ0n) is 11.1. The number of rotatable bonds is 5. The molecule has 1 aromatic rings. The molecule has 3 heteroatoms. The van der Waals surface area contributed by atoms with E-state index in [1.165, 1.54) is 24.8 Å². The van der Waals surface area contributed by atoms with Gasteiger partial charge in [-0.3, -0.25) is 4.79 Å². The summed E-state index contributed by atoms with van der Waals surface area (Å²) in [4.78, 5) is 13.9.